The Morgan fingerprint density at radius 2 is 1.65 bits per heavy atom. The molecule has 3 rings (SSSR count). The maximum absolute atomic E-state index is 13.5. The molecule has 0 bridgehead atoms. The Bertz CT molecular complexity index is 1250. The molecule has 37 heavy (non-hydrogen) atoms. The first-order valence-electron chi connectivity index (χ1n) is 12.3. The van der Waals surface area contributed by atoms with Crippen LogP contribution in [-0.2, 0) is 21.2 Å². The fourth-order valence-electron chi connectivity index (χ4n) is 3.68. The number of nitrogens with zero attached hydrogens (tertiary/aromatic N) is 1. The fraction of sp³-hybridized carbons (Fsp3) is 0.321. The first-order valence-corrected chi connectivity index (χ1v) is 14.6. The highest BCUT2D eigenvalue weighted by Crippen LogP contribution is 2.27. The van der Waals surface area contributed by atoms with Crippen molar-refractivity contribution in [1.29, 1.82) is 0 Å². The highest BCUT2D eigenvalue weighted by Gasteiger charge is 2.27. The van der Waals surface area contributed by atoms with E-state index in [0.29, 0.717) is 37.6 Å². The molecule has 0 atom stereocenters. The Labute approximate surface area is 228 Å². The average Bonchev–Trinajstić information content (AvgIpc) is 2.90. The minimum absolute atomic E-state index is 0.0982. The minimum Gasteiger partial charge on any atom is -0.494 e. The molecule has 0 saturated carbocycles. The van der Waals surface area contributed by atoms with Crippen molar-refractivity contribution in [3.8, 4) is 11.5 Å². The number of nitrogens with one attached hydrogen (secondary N) is 1. The molecule has 0 heterocycles. The number of carbonyl (C=O) groups is 1. The zero-order valence-electron chi connectivity index (χ0n) is 21.2. The molecule has 0 aliphatic carbocycles. The third kappa shape index (κ3) is 8.23. The predicted octanol–water partition coefficient (Wildman–Crippen LogP) is 5.58. The van der Waals surface area contributed by atoms with Crippen LogP contribution in [0.5, 0.6) is 11.5 Å². The van der Waals surface area contributed by atoms with E-state index in [-0.39, 0.29) is 17.3 Å². The summed E-state index contributed by atoms with van der Waals surface area (Å²) in [4.78, 5) is 13.0. The SMILES string of the molecule is CCCOc1ccccc1CCCNC(=O)CN(c1ccc(OCC)cc1)S(=O)(=O)c1ccc(Br)cc1. The lowest BCUT2D eigenvalue weighted by Gasteiger charge is -2.24. The molecule has 3 aromatic rings. The van der Waals surface area contributed by atoms with Gasteiger partial charge in [0.2, 0.25) is 5.91 Å². The molecule has 0 aromatic heterocycles. The number of hydrogen-bond donors (Lipinski definition) is 1. The van der Waals surface area contributed by atoms with Crippen molar-refractivity contribution in [2.75, 3.05) is 30.6 Å². The summed E-state index contributed by atoms with van der Waals surface area (Å²) >= 11 is 3.33. The normalized spacial score (nSPS) is 11.1. The van der Waals surface area contributed by atoms with Gasteiger partial charge in [0, 0.05) is 11.0 Å². The third-order valence-electron chi connectivity index (χ3n) is 5.50. The van der Waals surface area contributed by atoms with Crippen molar-refractivity contribution in [2.45, 2.75) is 38.0 Å². The second-order valence-electron chi connectivity index (χ2n) is 8.30. The lowest BCUT2D eigenvalue weighted by atomic mass is 10.1. The van der Waals surface area contributed by atoms with E-state index < -0.39 is 10.0 Å². The van der Waals surface area contributed by atoms with Crippen molar-refractivity contribution in [3.05, 3.63) is 82.8 Å². The van der Waals surface area contributed by atoms with E-state index in [2.05, 4.69) is 28.2 Å². The molecule has 0 radical (unpaired) electrons. The van der Waals surface area contributed by atoms with Crippen molar-refractivity contribution in [3.63, 3.8) is 0 Å². The number of carbonyl (C=O) groups excluding carboxylic acids is 1. The lowest BCUT2D eigenvalue weighted by Crippen LogP contribution is -2.41. The summed E-state index contributed by atoms with van der Waals surface area (Å²) in [5, 5.41) is 2.86. The molecule has 0 aliphatic rings. The Morgan fingerprint density at radius 3 is 2.32 bits per heavy atom. The quantitative estimate of drug-likeness (QED) is 0.248. The fourth-order valence-corrected chi connectivity index (χ4v) is 5.37. The molecule has 198 valence electrons. The summed E-state index contributed by atoms with van der Waals surface area (Å²) in [5.74, 6) is 1.10. The van der Waals surface area contributed by atoms with Gasteiger partial charge in [-0.3, -0.25) is 9.10 Å². The number of sulfonamides is 1. The second kappa shape index (κ2) is 14.0. The number of aryl methyl sites for hydroxylation is 1. The molecule has 0 spiro atoms. The van der Waals surface area contributed by atoms with Crippen molar-refractivity contribution >= 4 is 37.5 Å². The molecular weight excluding hydrogens is 556 g/mol. The summed E-state index contributed by atoms with van der Waals surface area (Å²) in [5.41, 5.74) is 1.46. The number of anilines is 1. The van der Waals surface area contributed by atoms with E-state index in [1.165, 1.54) is 12.1 Å². The Balaban J connectivity index is 1.69. The molecule has 7 nitrogen and oxygen atoms in total. The van der Waals surface area contributed by atoms with E-state index in [0.717, 1.165) is 32.9 Å². The molecule has 0 saturated heterocycles. The van der Waals surface area contributed by atoms with Gasteiger partial charge in [-0.25, -0.2) is 8.42 Å². The Hall–Kier alpha value is -3.04. The number of ether oxygens (including phenoxy) is 2. The number of rotatable bonds is 14. The van der Waals surface area contributed by atoms with Gasteiger partial charge >= 0.3 is 0 Å². The number of benzene rings is 3. The standard InChI is InChI=1S/C28H33BrN2O5S/c1-3-20-36-27-10-6-5-8-22(27)9-7-19-30-28(32)21-31(24-13-15-25(16-14-24)35-4-2)37(33,34)26-17-11-23(29)12-18-26/h5-6,8,10-18H,3-4,7,9,19-21H2,1-2H3,(H,30,32). The van der Waals surface area contributed by atoms with E-state index in [1.54, 1.807) is 36.4 Å². The molecule has 0 unspecified atom stereocenters. The van der Waals surface area contributed by atoms with Gasteiger partial charge in [-0.05, 0) is 86.3 Å². The molecule has 1 amide bonds. The van der Waals surface area contributed by atoms with Crippen LogP contribution in [0.15, 0.2) is 82.2 Å². The van der Waals surface area contributed by atoms with Crippen molar-refractivity contribution in [1.82, 2.24) is 5.32 Å². The highest BCUT2D eigenvalue weighted by atomic mass is 79.9. The van der Waals surface area contributed by atoms with Crippen LogP contribution in [0.25, 0.3) is 0 Å². The minimum atomic E-state index is -3.98. The van der Waals surface area contributed by atoms with Gasteiger partial charge in [-0.1, -0.05) is 41.1 Å². The molecule has 3 aromatic carbocycles. The average molecular weight is 590 g/mol. The smallest absolute Gasteiger partial charge is 0.264 e. The molecule has 1 N–H and O–H groups in total. The van der Waals surface area contributed by atoms with Gasteiger partial charge in [0.15, 0.2) is 0 Å². The third-order valence-corrected chi connectivity index (χ3v) is 7.82. The summed E-state index contributed by atoms with van der Waals surface area (Å²) in [6.07, 6.45) is 2.36. The molecule has 0 aliphatic heterocycles. The first-order chi connectivity index (χ1) is 17.8. The first kappa shape index (κ1) is 28.5. The van der Waals surface area contributed by atoms with Gasteiger partial charge in [-0.2, -0.15) is 0 Å². The van der Waals surface area contributed by atoms with Crippen LogP contribution in [-0.4, -0.2) is 40.6 Å². The Morgan fingerprint density at radius 1 is 0.946 bits per heavy atom. The zero-order chi connectivity index (χ0) is 26.7. The lowest BCUT2D eigenvalue weighted by molar-refractivity contribution is -0.119. The van der Waals surface area contributed by atoms with Crippen molar-refractivity contribution in [2.24, 2.45) is 0 Å². The molecule has 0 fully saturated rings. The van der Waals surface area contributed by atoms with Crippen LogP contribution in [0.2, 0.25) is 0 Å². The van der Waals surface area contributed by atoms with Crippen LogP contribution in [0.1, 0.15) is 32.3 Å². The molecular formula is C28H33BrN2O5S. The van der Waals surface area contributed by atoms with Crippen molar-refractivity contribution < 1.29 is 22.7 Å². The maximum Gasteiger partial charge on any atom is 0.264 e. The second-order valence-corrected chi connectivity index (χ2v) is 11.1. The van der Waals surface area contributed by atoms with E-state index in [4.69, 9.17) is 9.47 Å². The number of hydrogen-bond acceptors (Lipinski definition) is 5. The van der Waals surface area contributed by atoms with E-state index in [1.807, 2.05) is 31.2 Å². The largest absolute Gasteiger partial charge is 0.494 e. The van der Waals surface area contributed by atoms with Crippen LogP contribution < -0.4 is 19.1 Å². The summed E-state index contributed by atoms with van der Waals surface area (Å²) < 4.78 is 40.2. The van der Waals surface area contributed by atoms with Gasteiger partial charge in [0.25, 0.3) is 10.0 Å². The predicted molar refractivity (Wildman–Crippen MR) is 150 cm³/mol. The number of halogens is 1. The number of para-hydroxylation sites is 1. The molecule has 9 heteroatoms. The van der Waals surface area contributed by atoms with Gasteiger partial charge in [-0.15, -0.1) is 0 Å². The van der Waals surface area contributed by atoms with Crippen LogP contribution in [0.3, 0.4) is 0 Å². The Kier molecular flexibility index (Phi) is 10.8. The van der Waals surface area contributed by atoms with Crippen LogP contribution in [0, 0.1) is 0 Å². The van der Waals surface area contributed by atoms with Gasteiger partial charge in [0.05, 0.1) is 23.8 Å². The highest BCUT2D eigenvalue weighted by molar-refractivity contribution is 9.10. The number of amides is 1. The topological polar surface area (TPSA) is 84.9 Å². The summed E-state index contributed by atoms with van der Waals surface area (Å²) in [6.45, 7) is 5.16. The van der Waals surface area contributed by atoms with Gasteiger partial charge in [0.1, 0.15) is 18.0 Å². The van der Waals surface area contributed by atoms with E-state index in [9.17, 15) is 13.2 Å². The zero-order valence-corrected chi connectivity index (χ0v) is 23.6. The van der Waals surface area contributed by atoms with Crippen LogP contribution >= 0.6 is 15.9 Å². The van der Waals surface area contributed by atoms with Crippen LogP contribution in [0.4, 0.5) is 5.69 Å². The van der Waals surface area contributed by atoms with Gasteiger partial charge < -0.3 is 14.8 Å². The maximum atomic E-state index is 13.5. The summed E-state index contributed by atoms with van der Waals surface area (Å²) in [7, 11) is -3.98. The van der Waals surface area contributed by atoms with E-state index >= 15 is 0 Å². The monoisotopic (exact) mass is 588 g/mol. The summed E-state index contributed by atoms with van der Waals surface area (Å²) in [6, 6.07) is 20.9.